The molecule has 0 amide bonds. The summed E-state index contributed by atoms with van der Waals surface area (Å²) in [5.41, 5.74) is 3.76. The van der Waals surface area contributed by atoms with Gasteiger partial charge in [-0.05, 0) is 56.1 Å². The molecule has 0 saturated carbocycles. The van der Waals surface area contributed by atoms with Crippen molar-refractivity contribution in [1.82, 2.24) is 0 Å². The van der Waals surface area contributed by atoms with E-state index in [9.17, 15) is 9.36 Å². The Morgan fingerprint density at radius 1 is 1.08 bits per heavy atom. The number of carbonyl (C=O) groups excluding carboxylic acids is 1. The smallest absolute Gasteiger partial charge is 0.222 e. The molecule has 0 aliphatic rings. The molecular formula is C22H37O2P. The molecule has 0 aliphatic heterocycles. The maximum Gasteiger partial charge on any atom is 0.222 e. The first kappa shape index (κ1) is 22.2. The lowest BCUT2D eigenvalue weighted by Gasteiger charge is -2.30. The Morgan fingerprint density at radius 2 is 1.56 bits per heavy atom. The first-order chi connectivity index (χ1) is 11.3. The first-order valence-electron chi connectivity index (χ1n) is 9.53. The molecule has 0 heterocycles. The molecule has 142 valence electrons. The van der Waals surface area contributed by atoms with Gasteiger partial charge in [-0.2, -0.15) is 0 Å². The van der Waals surface area contributed by atoms with Crippen molar-refractivity contribution in [1.29, 1.82) is 0 Å². The molecule has 1 aromatic rings. The SMILES string of the molecule is CCC(C)P(=O)(CC(C)CC(C)(C)C)C(=O)c1c(C)cc(C)cc1C. The van der Waals surface area contributed by atoms with E-state index in [0.29, 0.717) is 11.7 Å². The van der Waals surface area contributed by atoms with Crippen LogP contribution in [0, 0.1) is 32.1 Å². The maximum absolute atomic E-state index is 14.0. The van der Waals surface area contributed by atoms with Crippen molar-refractivity contribution in [2.75, 3.05) is 6.16 Å². The molecule has 3 unspecified atom stereocenters. The number of carbonyl (C=O) groups is 1. The van der Waals surface area contributed by atoms with E-state index in [1.807, 2.05) is 46.8 Å². The van der Waals surface area contributed by atoms with Crippen molar-refractivity contribution in [3.8, 4) is 0 Å². The van der Waals surface area contributed by atoms with Gasteiger partial charge in [0.2, 0.25) is 5.52 Å². The third-order valence-corrected chi connectivity index (χ3v) is 8.95. The molecule has 0 fully saturated rings. The van der Waals surface area contributed by atoms with Gasteiger partial charge in [0.25, 0.3) is 0 Å². The molecule has 0 aromatic heterocycles. The third kappa shape index (κ3) is 5.55. The van der Waals surface area contributed by atoms with Crippen LogP contribution in [-0.2, 0) is 4.57 Å². The zero-order valence-corrected chi connectivity index (χ0v) is 18.6. The second kappa shape index (κ2) is 8.21. The van der Waals surface area contributed by atoms with E-state index >= 15 is 0 Å². The molecule has 0 saturated heterocycles. The Balaban J connectivity index is 3.31. The average molecular weight is 365 g/mol. The molecular weight excluding hydrogens is 327 g/mol. The second-order valence-corrected chi connectivity index (χ2v) is 12.4. The lowest BCUT2D eigenvalue weighted by Crippen LogP contribution is -2.22. The van der Waals surface area contributed by atoms with Gasteiger partial charge in [0.05, 0.1) is 0 Å². The minimum Gasteiger partial charge on any atom is -0.315 e. The van der Waals surface area contributed by atoms with E-state index < -0.39 is 7.14 Å². The van der Waals surface area contributed by atoms with Crippen LogP contribution in [0.1, 0.15) is 81.4 Å². The Kier molecular flexibility index (Phi) is 7.28. The van der Waals surface area contributed by atoms with Crippen LogP contribution in [0.4, 0.5) is 0 Å². The quantitative estimate of drug-likeness (QED) is 0.489. The van der Waals surface area contributed by atoms with Gasteiger partial charge in [-0.25, -0.2) is 0 Å². The molecule has 1 rings (SSSR count). The van der Waals surface area contributed by atoms with Crippen molar-refractivity contribution in [2.24, 2.45) is 11.3 Å². The van der Waals surface area contributed by atoms with E-state index in [0.717, 1.165) is 29.5 Å². The minimum atomic E-state index is -2.97. The zero-order valence-electron chi connectivity index (χ0n) is 17.7. The fourth-order valence-corrected chi connectivity index (χ4v) is 7.34. The van der Waals surface area contributed by atoms with Crippen LogP contribution in [0.2, 0.25) is 0 Å². The van der Waals surface area contributed by atoms with E-state index in [1.165, 1.54) is 0 Å². The minimum absolute atomic E-state index is 0.0671. The summed E-state index contributed by atoms with van der Waals surface area (Å²) in [7, 11) is -2.97. The summed E-state index contributed by atoms with van der Waals surface area (Å²) in [6.07, 6.45) is 2.27. The number of benzene rings is 1. The highest BCUT2D eigenvalue weighted by atomic mass is 31.2. The summed E-state index contributed by atoms with van der Waals surface area (Å²) in [4.78, 5) is 13.5. The molecule has 0 N–H and O–H groups in total. The highest BCUT2D eigenvalue weighted by molar-refractivity contribution is 7.81. The largest absolute Gasteiger partial charge is 0.315 e. The van der Waals surface area contributed by atoms with E-state index in [-0.39, 0.29) is 22.5 Å². The number of hydrogen-bond donors (Lipinski definition) is 0. The van der Waals surface area contributed by atoms with Gasteiger partial charge in [0.1, 0.15) is 0 Å². The zero-order chi connectivity index (χ0) is 19.6. The van der Waals surface area contributed by atoms with Crippen LogP contribution in [0.3, 0.4) is 0 Å². The number of hydrogen-bond acceptors (Lipinski definition) is 2. The van der Waals surface area contributed by atoms with Crippen molar-refractivity contribution < 1.29 is 9.36 Å². The lowest BCUT2D eigenvalue weighted by molar-refractivity contribution is 0.107. The molecule has 0 spiro atoms. The third-order valence-electron chi connectivity index (χ3n) is 5.08. The van der Waals surface area contributed by atoms with Crippen LogP contribution in [0.5, 0.6) is 0 Å². The molecule has 2 nitrogen and oxygen atoms in total. The fourth-order valence-electron chi connectivity index (χ4n) is 4.04. The summed E-state index contributed by atoms with van der Waals surface area (Å²) in [6, 6.07) is 4.06. The Morgan fingerprint density at radius 3 is 1.96 bits per heavy atom. The van der Waals surface area contributed by atoms with Gasteiger partial charge in [0, 0.05) is 17.4 Å². The Bertz CT molecular complexity index is 644. The standard InChI is InChI=1S/C22H37O2P/c1-10-19(6)25(24,14-16(3)13-22(7,8)9)21(23)20-17(4)11-15(2)12-18(20)5/h11-12,16,19H,10,13-14H2,1-9H3. The molecule has 3 heteroatoms. The normalized spacial score (nSPS) is 17.0. The average Bonchev–Trinajstić information content (AvgIpc) is 2.42. The molecule has 0 bridgehead atoms. The van der Waals surface area contributed by atoms with E-state index in [4.69, 9.17) is 0 Å². The van der Waals surface area contributed by atoms with Gasteiger partial charge in [-0.15, -0.1) is 0 Å². The van der Waals surface area contributed by atoms with E-state index in [2.05, 4.69) is 27.7 Å². The first-order valence-corrected chi connectivity index (χ1v) is 11.5. The lowest BCUT2D eigenvalue weighted by atomic mass is 9.86. The second-order valence-electron chi connectivity index (χ2n) is 9.18. The Hall–Kier alpha value is -0.880. The Labute approximate surface area is 155 Å². The van der Waals surface area contributed by atoms with Gasteiger partial charge in [-0.3, -0.25) is 4.79 Å². The highest BCUT2D eigenvalue weighted by Gasteiger charge is 2.40. The molecule has 1 aromatic carbocycles. The molecule has 3 atom stereocenters. The topological polar surface area (TPSA) is 34.1 Å². The van der Waals surface area contributed by atoms with Crippen LogP contribution < -0.4 is 0 Å². The van der Waals surface area contributed by atoms with Crippen LogP contribution in [-0.4, -0.2) is 17.3 Å². The van der Waals surface area contributed by atoms with Crippen LogP contribution in [0.15, 0.2) is 12.1 Å². The van der Waals surface area contributed by atoms with E-state index in [1.54, 1.807) is 0 Å². The number of rotatable bonds is 7. The summed E-state index contributed by atoms with van der Waals surface area (Å²) in [5.74, 6) is 0.273. The number of aryl methyl sites for hydroxylation is 3. The summed E-state index contributed by atoms with van der Waals surface area (Å²) < 4.78 is 14.0. The predicted molar refractivity (Wildman–Crippen MR) is 110 cm³/mol. The molecule has 0 radical (unpaired) electrons. The van der Waals surface area contributed by atoms with Crippen molar-refractivity contribution in [3.63, 3.8) is 0 Å². The summed E-state index contributed by atoms with van der Waals surface area (Å²) in [6.45, 7) is 18.7. The van der Waals surface area contributed by atoms with Gasteiger partial charge >= 0.3 is 0 Å². The van der Waals surface area contributed by atoms with Crippen molar-refractivity contribution in [2.45, 2.75) is 80.8 Å². The van der Waals surface area contributed by atoms with Crippen molar-refractivity contribution >= 4 is 12.7 Å². The summed E-state index contributed by atoms with van der Waals surface area (Å²) in [5, 5.41) is 0. The predicted octanol–water partition coefficient (Wildman–Crippen LogP) is 6.99. The highest BCUT2D eigenvalue weighted by Crippen LogP contribution is 2.57. The van der Waals surface area contributed by atoms with Gasteiger partial charge in [0.15, 0.2) is 7.14 Å². The van der Waals surface area contributed by atoms with Crippen molar-refractivity contribution in [3.05, 3.63) is 34.4 Å². The fraction of sp³-hybridized carbons (Fsp3) is 0.682. The van der Waals surface area contributed by atoms with Crippen LogP contribution >= 0.6 is 7.14 Å². The monoisotopic (exact) mass is 364 g/mol. The summed E-state index contributed by atoms with van der Waals surface area (Å²) >= 11 is 0. The molecule has 0 aliphatic carbocycles. The van der Waals surface area contributed by atoms with Gasteiger partial charge in [-0.1, -0.05) is 59.2 Å². The molecule has 25 heavy (non-hydrogen) atoms. The van der Waals surface area contributed by atoms with Crippen LogP contribution in [0.25, 0.3) is 0 Å². The van der Waals surface area contributed by atoms with Gasteiger partial charge < -0.3 is 4.57 Å². The maximum atomic E-state index is 14.0.